The van der Waals surface area contributed by atoms with Crippen molar-refractivity contribution in [3.63, 3.8) is 0 Å². The van der Waals surface area contributed by atoms with Gasteiger partial charge in [-0.05, 0) is 60.7 Å². The van der Waals surface area contributed by atoms with Gasteiger partial charge < -0.3 is 10.2 Å². The zero-order valence-electron chi connectivity index (χ0n) is 18.5. The maximum Gasteiger partial charge on any atom is 0.243 e. The summed E-state index contributed by atoms with van der Waals surface area (Å²) >= 11 is 6.05. The number of hydrogen-bond donors (Lipinski definition) is 1. The predicted octanol–water partition coefficient (Wildman–Crippen LogP) is 5.42. The number of piperazine rings is 1. The number of para-hydroxylation sites is 1. The molecule has 0 unspecified atom stereocenters. The first-order valence-electron chi connectivity index (χ1n) is 10.9. The molecule has 0 saturated carbocycles. The summed E-state index contributed by atoms with van der Waals surface area (Å²) in [7, 11) is -3.75. The third kappa shape index (κ3) is 4.67. The lowest BCUT2D eigenvalue weighted by molar-refractivity contribution is 0.381. The van der Waals surface area contributed by atoms with Gasteiger partial charge in [-0.2, -0.15) is 4.31 Å². The van der Waals surface area contributed by atoms with Gasteiger partial charge in [0.2, 0.25) is 10.0 Å². The van der Waals surface area contributed by atoms with Crippen LogP contribution in [0.25, 0.3) is 10.9 Å². The van der Waals surface area contributed by atoms with Crippen molar-refractivity contribution in [1.82, 2.24) is 9.29 Å². The Morgan fingerprint density at radius 3 is 2.26 bits per heavy atom. The van der Waals surface area contributed by atoms with Crippen LogP contribution in [0.15, 0.2) is 77.8 Å². The molecule has 1 saturated heterocycles. The lowest BCUT2D eigenvalue weighted by Crippen LogP contribution is -2.49. The molecule has 1 N–H and O–H groups in total. The Bertz CT molecular complexity index is 1470. The quantitative estimate of drug-likeness (QED) is 0.385. The van der Waals surface area contributed by atoms with Crippen LogP contribution in [0.5, 0.6) is 0 Å². The van der Waals surface area contributed by atoms with Crippen molar-refractivity contribution in [2.45, 2.75) is 4.90 Å². The second-order valence-corrected chi connectivity index (χ2v) is 10.5. The van der Waals surface area contributed by atoms with Gasteiger partial charge in [0.05, 0.1) is 10.4 Å². The fourth-order valence-electron chi connectivity index (χ4n) is 4.19. The monoisotopic (exact) mass is 514 g/mol. The van der Waals surface area contributed by atoms with Crippen molar-refractivity contribution in [3.8, 4) is 0 Å². The highest BCUT2D eigenvalue weighted by Gasteiger charge is 2.30. The fourth-order valence-corrected chi connectivity index (χ4v) is 5.78. The van der Waals surface area contributed by atoms with Crippen molar-refractivity contribution >= 4 is 49.6 Å². The van der Waals surface area contributed by atoms with E-state index in [9.17, 15) is 17.2 Å². The number of nitrogens with one attached hydrogen (secondary N) is 1. The molecule has 6 nitrogen and oxygen atoms in total. The van der Waals surface area contributed by atoms with E-state index in [2.05, 4.69) is 10.3 Å². The summed E-state index contributed by atoms with van der Waals surface area (Å²) in [6.45, 7) is 0.634. The Morgan fingerprint density at radius 1 is 0.886 bits per heavy atom. The Balaban J connectivity index is 1.30. The molecule has 4 aromatic rings. The largest absolute Gasteiger partial charge is 0.364 e. The molecule has 10 heteroatoms. The lowest BCUT2D eigenvalue weighted by atomic mass is 10.2. The normalized spacial score (nSPS) is 14.9. The summed E-state index contributed by atoms with van der Waals surface area (Å²) in [5.41, 5.74) is 2.16. The third-order valence-electron chi connectivity index (χ3n) is 5.97. The number of halogens is 3. The average Bonchev–Trinajstić information content (AvgIpc) is 2.84. The standard InChI is InChI=1S/C25H21ClF2N4O2S/c26-17-4-9-20-23(10-11-29-24(20)16-17)30-18-5-7-19(8-6-18)35(33,34)32-14-12-31(13-15-32)25-21(27)2-1-3-22(25)28/h1-11,16H,12-15H2,(H,29,30). The molecule has 0 amide bonds. The molecule has 1 aliphatic rings. The number of hydrogen-bond acceptors (Lipinski definition) is 5. The van der Waals surface area contributed by atoms with Crippen molar-refractivity contribution in [3.05, 3.63) is 89.6 Å². The first-order chi connectivity index (χ1) is 16.8. The highest BCUT2D eigenvalue weighted by Crippen LogP contribution is 2.29. The molecule has 0 bridgehead atoms. The Labute approximate surface area is 206 Å². The SMILES string of the molecule is O=S(=O)(c1ccc(Nc2ccnc3cc(Cl)ccc23)cc1)N1CCN(c2c(F)cccc2F)CC1. The van der Waals surface area contributed by atoms with Gasteiger partial charge in [0.15, 0.2) is 0 Å². The van der Waals surface area contributed by atoms with E-state index in [1.807, 2.05) is 12.1 Å². The van der Waals surface area contributed by atoms with Crippen LogP contribution in [0.1, 0.15) is 0 Å². The van der Waals surface area contributed by atoms with Gasteiger partial charge in [-0.15, -0.1) is 0 Å². The molecule has 1 fully saturated rings. The third-order valence-corrected chi connectivity index (χ3v) is 8.12. The number of benzene rings is 3. The highest BCUT2D eigenvalue weighted by molar-refractivity contribution is 7.89. The molecule has 0 radical (unpaired) electrons. The molecule has 0 aliphatic carbocycles. The molecule has 2 heterocycles. The summed E-state index contributed by atoms with van der Waals surface area (Å²) in [6.07, 6.45) is 1.67. The number of anilines is 3. The van der Waals surface area contributed by atoms with Crippen LogP contribution in [0.4, 0.5) is 25.8 Å². The minimum absolute atomic E-state index is 0.120. The van der Waals surface area contributed by atoms with E-state index in [0.29, 0.717) is 10.7 Å². The van der Waals surface area contributed by atoms with Crippen LogP contribution in [0.2, 0.25) is 5.02 Å². The van der Waals surface area contributed by atoms with E-state index in [4.69, 9.17) is 11.6 Å². The summed E-state index contributed by atoms with van der Waals surface area (Å²) < 4.78 is 55.9. The number of sulfonamides is 1. The van der Waals surface area contributed by atoms with Gasteiger partial charge >= 0.3 is 0 Å². The average molecular weight is 515 g/mol. The number of aromatic nitrogens is 1. The molecule has 1 aromatic heterocycles. The fraction of sp³-hybridized carbons (Fsp3) is 0.160. The molecule has 5 rings (SSSR count). The van der Waals surface area contributed by atoms with E-state index >= 15 is 0 Å². The van der Waals surface area contributed by atoms with Crippen LogP contribution in [-0.2, 0) is 10.0 Å². The minimum Gasteiger partial charge on any atom is -0.364 e. The molecule has 1 aliphatic heterocycles. The van der Waals surface area contributed by atoms with Gasteiger partial charge in [0, 0.05) is 54.2 Å². The molecule has 3 aromatic carbocycles. The topological polar surface area (TPSA) is 65.5 Å². The maximum atomic E-state index is 14.1. The van der Waals surface area contributed by atoms with E-state index < -0.39 is 21.7 Å². The van der Waals surface area contributed by atoms with Gasteiger partial charge in [0.1, 0.15) is 17.3 Å². The van der Waals surface area contributed by atoms with E-state index in [-0.39, 0.29) is 36.8 Å². The summed E-state index contributed by atoms with van der Waals surface area (Å²) in [4.78, 5) is 6.01. The van der Waals surface area contributed by atoms with Crippen molar-refractivity contribution < 1.29 is 17.2 Å². The molecule has 0 atom stereocenters. The second-order valence-electron chi connectivity index (χ2n) is 8.13. The number of nitrogens with zero attached hydrogens (tertiary/aromatic N) is 3. The van der Waals surface area contributed by atoms with Crippen LogP contribution >= 0.6 is 11.6 Å². The molecule has 0 spiro atoms. The molecule has 35 heavy (non-hydrogen) atoms. The van der Waals surface area contributed by atoms with Gasteiger partial charge in [0.25, 0.3) is 0 Å². The number of pyridine rings is 1. The lowest BCUT2D eigenvalue weighted by Gasteiger charge is -2.35. The minimum atomic E-state index is -3.75. The van der Waals surface area contributed by atoms with Crippen LogP contribution in [0.3, 0.4) is 0 Å². The Hall–Kier alpha value is -3.27. The van der Waals surface area contributed by atoms with Crippen LogP contribution < -0.4 is 10.2 Å². The van der Waals surface area contributed by atoms with Gasteiger partial charge in [-0.3, -0.25) is 4.98 Å². The van der Waals surface area contributed by atoms with Crippen LogP contribution in [-0.4, -0.2) is 43.9 Å². The summed E-state index contributed by atoms with van der Waals surface area (Å²) in [6, 6.07) is 17.4. The summed E-state index contributed by atoms with van der Waals surface area (Å²) in [5.74, 6) is -1.32. The smallest absolute Gasteiger partial charge is 0.243 e. The molecular formula is C25H21ClF2N4O2S. The number of fused-ring (bicyclic) bond motifs is 1. The van der Waals surface area contributed by atoms with Crippen molar-refractivity contribution in [2.75, 3.05) is 36.4 Å². The Morgan fingerprint density at radius 2 is 1.57 bits per heavy atom. The first-order valence-corrected chi connectivity index (χ1v) is 12.8. The highest BCUT2D eigenvalue weighted by atomic mass is 35.5. The predicted molar refractivity (Wildman–Crippen MR) is 134 cm³/mol. The molecular weight excluding hydrogens is 494 g/mol. The van der Waals surface area contributed by atoms with Gasteiger partial charge in [-0.1, -0.05) is 17.7 Å². The van der Waals surface area contributed by atoms with Gasteiger partial charge in [-0.25, -0.2) is 17.2 Å². The Kier molecular flexibility index (Phi) is 6.31. The van der Waals surface area contributed by atoms with Crippen molar-refractivity contribution in [2.24, 2.45) is 0 Å². The second kappa shape index (κ2) is 9.41. The zero-order valence-corrected chi connectivity index (χ0v) is 20.0. The number of rotatable bonds is 5. The maximum absolute atomic E-state index is 14.1. The molecule has 180 valence electrons. The zero-order chi connectivity index (χ0) is 24.6. The van der Waals surface area contributed by atoms with Crippen molar-refractivity contribution in [1.29, 1.82) is 0 Å². The van der Waals surface area contributed by atoms with E-state index in [1.165, 1.54) is 27.4 Å². The van der Waals surface area contributed by atoms with Crippen LogP contribution in [0, 0.1) is 11.6 Å². The van der Waals surface area contributed by atoms with E-state index in [1.54, 1.807) is 42.6 Å². The van der Waals surface area contributed by atoms with E-state index in [0.717, 1.165) is 16.6 Å². The first kappa shape index (κ1) is 23.5. The summed E-state index contributed by atoms with van der Waals surface area (Å²) in [5, 5.41) is 4.77.